The highest BCUT2D eigenvalue weighted by Gasteiger charge is 2.07. The van der Waals surface area contributed by atoms with E-state index in [-0.39, 0.29) is 18.3 Å². The maximum atomic E-state index is 11.8. The van der Waals surface area contributed by atoms with Crippen LogP contribution in [0, 0.1) is 0 Å². The number of amides is 1. The molecule has 1 heterocycles. The Hall–Kier alpha value is -2.06. The molecule has 118 valence electrons. The lowest BCUT2D eigenvalue weighted by molar-refractivity contribution is -0.118. The molecule has 0 saturated carbocycles. The van der Waals surface area contributed by atoms with E-state index in [0.717, 1.165) is 11.3 Å². The third-order valence-electron chi connectivity index (χ3n) is 2.94. The Balaban J connectivity index is 1.75. The zero-order chi connectivity index (χ0) is 15.9. The second-order valence-electron chi connectivity index (χ2n) is 4.85. The first kappa shape index (κ1) is 16.3. The zero-order valence-electron chi connectivity index (χ0n) is 12.5. The molecule has 0 atom stereocenters. The highest BCUT2D eigenvalue weighted by molar-refractivity contribution is 7.99. The molecule has 0 aliphatic heterocycles. The van der Waals surface area contributed by atoms with Gasteiger partial charge in [0.1, 0.15) is 6.61 Å². The van der Waals surface area contributed by atoms with Crippen LogP contribution in [0.15, 0.2) is 29.4 Å². The molecule has 0 unspecified atom stereocenters. The van der Waals surface area contributed by atoms with Gasteiger partial charge >= 0.3 is 0 Å². The SMILES string of the molecule is CN(C)c1ccc(CNC(=O)CSc2n[nH]c(CO)n2)cc1. The predicted octanol–water partition coefficient (Wildman–Crippen LogP) is 0.771. The molecule has 0 fully saturated rings. The van der Waals surface area contributed by atoms with Crippen LogP contribution in [0.1, 0.15) is 11.4 Å². The molecule has 2 aromatic rings. The minimum absolute atomic E-state index is 0.0861. The number of carbonyl (C=O) groups is 1. The molecular weight excluding hydrogens is 302 g/mol. The van der Waals surface area contributed by atoms with Gasteiger partial charge in [-0.25, -0.2) is 4.98 Å². The summed E-state index contributed by atoms with van der Waals surface area (Å²) in [6.45, 7) is 0.297. The molecule has 0 radical (unpaired) electrons. The predicted molar refractivity (Wildman–Crippen MR) is 85.6 cm³/mol. The molecule has 1 aromatic carbocycles. The smallest absolute Gasteiger partial charge is 0.230 e. The summed E-state index contributed by atoms with van der Waals surface area (Å²) in [4.78, 5) is 17.8. The summed E-state index contributed by atoms with van der Waals surface area (Å²) in [6.07, 6.45) is 0. The number of anilines is 1. The molecule has 0 spiro atoms. The molecule has 0 bridgehead atoms. The summed E-state index contributed by atoms with van der Waals surface area (Å²) in [7, 11) is 3.97. The molecule has 1 aromatic heterocycles. The number of aromatic nitrogens is 3. The van der Waals surface area contributed by atoms with Crippen molar-refractivity contribution < 1.29 is 9.90 Å². The minimum Gasteiger partial charge on any atom is -0.388 e. The van der Waals surface area contributed by atoms with E-state index in [1.54, 1.807) is 0 Å². The molecule has 3 N–H and O–H groups in total. The lowest BCUT2D eigenvalue weighted by atomic mass is 10.2. The third kappa shape index (κ3) is 4.74. The second kappa shape index (κ2) is 7.81. The van der Waals surface area contributed by atoms with E-state index in [4.69, 9.17) is 5.11 Å². The van der Waals surface area contributed by atoms with Crippen molar-refractivity contribution in [3.05, 3.63) is 35.7 Å². The van der Waals surface area contributed by atoms with E-state index in [2.05, 4.69) is 20.5 Å². The number of nitrogens with zero attached hydrogens (tertiary/aromatic N) is 3. The Labute approximate surface area is 133 Å². The van der Waals surface area contributed by atoms with Gasteiger partial charge in [-0.1, -0.05) is 23.9 Å². The van der Waals surface area contributed by atoms with Crippen LogP contribution in [0.3, 0.4) is 0 Å². The van der Waals surface area contributed by atoms with Crippen molar-refractivity contribution in [2.45, 2.75) is 18.3 Å². The van der Waals surface area contributed by atoms with Gasteiger partial charge in [-0.15, -0.1) is 5.10 Å². The average molecular weight is 321 g/mol. The van der Waals surface area contributed by atoms with Crippen molar-refractivity contribution in [3.8, 4) is 0 Å². The van der Waals surface area contributed by atoms with E-state index in [1.165, 1.54) is 11.8 Å². The molecule has 2 rings (SSSR count). The minimum atomic E-state index is -0.192. The summed E-state index contributed by atoms with van der Waals surface area (Å²) in [6, 6.07) is 8.01. The van der Waals surface area contributed by atoms with Gasteiger partial charge in [-0.2, -0.15) is 0 Å². The maximum absolute atomic E-state index is 11.8. The maximum Gasteiger partial charge on any atom is 0.230 e. The van der Waals surface area contributed by atoms with Crippen LogP contribution in [0.2, 0.25) is 0 Å². The number of thioether (sulfide) groups is 1. The molecule has 0 aliphatic carbocycles. The van der Waals surface area contributed by atoms with Crippen LogP contribution >= 0.6 is 11.8 Å². The van der Waals surface area contributed by atoms with Gasteiger partial charge in [0.15, 0.2) is 5.82 Å². The van der Waals surface area contributed by atoms with Gasteiger partial charge in [0.05, 0.1) is 5.75 Å². The summed E-state index contributed by atoms with van der Waals surface area (Å²) in [5, 5.41) is 18.6. The summed E-state index contributed by atoms with van der Waals surface area (Å²) in [5.41, 5.74) is 2.17. The number of hydrogen-bond acceptors (Lipinski definition) is 6. The van der Waals surface area contributed by atoms with Gasteiger partial charge < -0.3 is 15.3 Å². The van der Waals surface area contributed by atoms with E-state index < -0.39 is 0 Å². The fourth-order valence-electron chi connectivity index (χ4n) is 1.71. The number of aromatic amines is 1. The Morgan fingerprint density at radius 1 is 1.36 bits per heavy atom. The number of carbonyl (C=O) groups excluding carboxylic acids is 1. The van der Waals surface area contributed by atoms with Crippen LogP contribution in [0.5, 0.6) is 0 Å². The monoisotopic (exact) mass is 321 g/mol. The fourth-order valence-corrected chi connectivity index (χ4v) is 2.35. The van der Waals surface area contributed by atoms with Gasteiger partial charge in [0.2, 0.25) is 11.1 Å². The first-order chi connectivity index (χ1) is 10.6. The molecule has 0 saturated heterocycles. The van der Waals surface area contributed by atoms with Crippen LogP contribution in [-0.4, -0.2) is 46.0 Å². The molecule has 1 amide bonds. The summed E-state index contributed by atoms with van der Waals surface area (Å²) < 4.78 is 0. The third-order valence-corrected chi connectivity index (χ3v) is 3.78. The Morgan fingerprint density at radius 3 is 2.68 bits per heavy atom. The van der Waals surface area contributed by atoms with Crippen molar-refractivity contribution in [3.63, 3.8) is 0 Å². The van der Waals surface area contributed by atoms with Gasteiger partial charge in [0.25, 0.3) is 0 Å². The van der Waals surface area contributed by atoms with Gasteiger partial charge in [-0.3, -0.25) is 9.89 Å². The lowest BCUT2D eigenvalue weighted by Crippen LogP contribution is -2.24. The lowest BCUT2D eigenvalue weighted by Gasteiger charge is -2.12. The first-order valence-corrected chi connectivity index (χ1v) is 7.75. The topological polar surface area (TPSA) is 94.1 Å². The zero-order valence-corrected chi connectivity index (χ0v) is 13.4. The number of hydrogen-bond donors (Lipinski definition) is 3. The van der Waals surface area contributed by atoms with E-state index in [1.807, 2.05) is 43.3 Å². The number of aliphatic hydroxyl groups excluding tert-OH is 1. The van der Waals surface area contributed by atoms with E-state index in [0.29, 0.717) is 17.5 Å². The number of benzene rings is 1. The number of rotatable bonds is 7. The first-order valence-electron chi connectivity index (χ1n) is 6.76. The van der Waals surface area contributed by atoms with Crippen molar-refractivity contribution in [2.75, 3.05) is 24.7 Å². The number of H-pyrrole nitrogens is 1. The van der Waals surface area contributed by atoms with E-state index in [9.17, 15) is 4.79 Å². The molecule has 7 nitrogen and oxygen atoms in total. The van der Waals surface area contributed by atoms with Crippen molar-refractivity contribution in [1.82, 2.24) is 20.5 Å². The van der Waals surface area contributed by atoms with E-state index >= 15 is 0 Å². The van der Waals surface area contributed by atoms with Crippen molar-refractivity contribution in [1.29, 1.82) is 0 Å². The number of nitrogens with one attached hydrogen (secondary N) is 2. The summed E-state index contributed by atoms with van der Waals surface area (Å²) >= 11 is 1.22. The van der Waals surface area contributed by atoms with Crippen molar-refractivity contribution in [2.24, 2.45) is 0 Å². The normalized spacial score (nSPS) is 10.5. The Kier molecular flexibility index (Phi) is 5.79. The number of aliphatic hydroxyl groups is 1. The Bertz CT molecular complexity index is 612. The fraction of sp³-hybridized carbons (Fsp3) is 0.357. The Morgan fingerprint density at radius 2 is 2.09 bits per heavy atom. The quantitative estimate of drug-likeness (QED) is 0.652. The van der Waals surface area contributed by atoms with Crippen LogP contribution in [-0.2, 0) is 17.9 Å². The standard InChI is InChI=1S/C14H19N5O2S/c1-19(2)11-5-3-10(4-6-11)7-15-13(21)9-22-14-16-12(8-20)17-18-14/h3-6,20H,7-9H2,1-2H3,(H,15,21)(H,16,17,18). The van der Waals surface area contributed by atoms with Gasteiger partial charge in [0, 0.05) is 26.3 Å². The van der Waals surface area contributed by atoms with Gasteiger partial charge in [-0.05, 0) is 17.7 Å². The largest absolute Gasteiger partial charge is 0.388 e. The molecule has 22 heavy (non-hydrogen) atoms. The average Bonchev–Trinajstić information content (AvgIpc) is 2.99. The van der Waals surface area contributed by atoms with Crippen LogP contribution in [0.4, 0.5) is 5.69 Å². The van der Waals surface area contributed by atoms with Crippen molar-refractivity contribution >= 4 is 23.4 Å². The highest BCUT2D eigenvalue weighted by Crippen LogP contribution is 2.13. The molecule has 0 aliphatic rings. The molecular formula is C14H19N5O2S. The molecule has 8 heteroatoms. The second-order valence-corrected chi connectivity index (χ2v) is 5.79. The van der Waals surface area contributed by atoms with Crippen LogP contribution < -0.4 is 10.2 Å². The summed E-state index contributed by atoms with van der Waals surface area (Å²) in [5.74, 6) is 0.541. The highest BCUT2D eigenvalue weighted by atomic mass is 32.2. The van der Waals surface area contributed by atoms with Crippen LogP contribution in [0.25, 0.3) is 0 Å².